The molecule has 2 nitrogen and oxygen atoms in total. The number of ether oxygens (including phenoxy) is 1. The van der Waals surface area contributed by atoms with E-state index in [9.17, 15) is 4.79 Å². The van der Waals surface area contributed by atoms with Gasteiger partial charge in [-0.05, 0) is 66.0 Å². The SMILES string of the molecule is CCCC(=O)Oc1ccc(-c2ccc(C3=CCC(CCC)CC3)cc2)cc1. The minimum Gasteiger partial charge on any atom is -0.427 e. The molecule has 1 unspecified atom stereocenters. The van der Waals surface area contributed by atoms with Gasteiger partial charge in [0.1, 0.15) is 5.75 Å². The first-order valence-corrected chi connectivity index (χ1v) is 10.3. The van der Waals surface area contributed by atoms with Crippen molar-refractivity contribution in [2.24, 2.45) is 5.92 Å². The van der Waals surface area contributed by atoms with Crippen molar-refractivity contribution in [3.05, 3.63) is 60.2 Å². The monoisotopic (exact) mass is 362 g/mol. The highest BCUT2D eigenvalue weighted by Crippen LogP contribution is 2.33. The molecule has 1 aliphatic rings. The quantitative estimate of drug-likeness (QED) is 0.390. The average Bonchev–Trinajstić information content (AvgIpc) is 2.70. The van der Waals surface area contributed by atoms with Gasteiger partial charge in [0.05, 0.1) is 0 Å². The molecular formula is C25H30O2. The molecule has 0 saturated carbocycles. The standard InChI is InChI=1S/C25H30O2/c1-3-5-19-7-9-20(10-8-19)21-11-13-22(14-12-21)23-15-17-24(18-16-23)27-25(26)6-4-2/h9,11-19H,3-8,10H2,1-2H3. The molecule has 0 N–H and O–H groups in total. The first-order chi connectivity index (χ1) is 13.2. The van der Waals surface area contributed by atoms with Crippen LogP contribution in [0.25, 0.3) is 16.7 Å². The third kappa shape index (κ3) is 5.32. The fraction of sp³-hybridized carbons (Fsp3) is 0.400. The summed E-state index contributed by atoms with van der Waals surface area (Å²) in [4.78, 5) is 11.6. The fourth-order valence-corrected chi connectivity index (χ4v) is 3.80. The predicted octanol–water partition coefficient (Wildman–Crippen LogP) is 7.04. The van der Waals surface area contributed by atoms with Crippen LogP contribution >= 0.6 is 0 Å². The molecule has 0 radical (unpaired) electrons. The Hall–Kier alpha value is -2.35. The van der Waals surface area contributed by atoms with E-state index >= 15 is 0 Å². The Morgan fingerprint density at radius 1 is 0.926 bits per heavy atom. The van der Waals surface area contributed by atoms with Crippen LogP contribution in [0.4, 0.5) is 0 Å². The van der Waals surface area contributed by atoms with Crippen molar-refractivity contribution in [1.29, 1.82) is 0 Å². The number of benzene rings is 2. The van der Waals surface area contributed by atoms with Crippen molar-refractivity contribution >= 4 is 11.5 Å². The Morgan fingerprint density at radius 3 is 2.11 bits per heavy atom. The molecule has 0 aromatic heterocycles. The van der Waals surface area contributed by atoms with Gasteiger partial charge in [-0.2, -0.15) is 0 Å². The summed E-state index contributed by atoms with van der Waals surface area (Å²) in [6.07, 6.45) is 10.1. The van der Waals surface area contributed by atoms with E-state index in [1.165, 1.54) is 48.8 Å². The maximum Gasteiger partial charge on any atom is 0.311 e. The molecule has 0 fully saturated rings. The molecule has 2 aromatic carbocycles. The highest BCUT2D eigenvalue weighted by atomic mass is 16.5. The number of hydrogen-bond donors (Lipinski definition) is 0. The van der Waals surface area contributed by atoms with Crippen LogP contribution in [0.2, 0.25) is 0 Å². The van der Waals surface area contributed by atoms with Gasteiger partial charge in [0.2, 0.25) is 0 Å². The van der Waals surface area contributed by atoms with Crippen LogP contribution in [-0.2, 0) is 4.79 Å². The summed E-state index contributed by atoms with van der Waals surface area (Å²) in [6, 6.07) is 16.6. The van der Waals surface area contributed by atoms with Crippen molar-refractivity contribution in [1.82, 2.24) is 0 Å². The van der Waals surface area contributed by atoms with Crippen LogP contribution in [0.15, 0.2) is 54.6 Å². The van der Waals surface area contributed by atoms with Gasteiger partial charge in [0, 0.05) is 6.42 Å². The van der Waals surface area contributed by atoms with Gasteiger partial charge in [-0.25, -0.2) is 0 Å². The second kappa shape index (κ2) is 9.55. The lowest BCUT2D eigenvalue weighted by atomic mass is 9.84. The Balaban J connectivity index is 1.64. The van der Waals surface area contributed by atoms with E-state index in [1.807, 2.05) is 31.2 Å². The molecule has 0 aliphatic heterocycles. The van der Waals surface area contributed by atoms with Gasteiger partial charge in [0.25, 0.3) is 0 Å². The van der Waals surface area contributed by atoms with Crippen molar-refractivity contribution in [2.75, 3.05) is 0 Å². The molecule has 2 aromatic rings. The zero-order chi connectivity index (χ0) is 19.1. The molecule has 0 spiro atoms. The summed E-state index contributed by atoms with van der Waals surface area (Å²) < 4.78 is 5.32. The first-order valence-electron chi connectivity index (χ1n) is 10.3. The lowest BCUT2D eigenvalue weighted by molar-refractivity contribution is -0.134. The van der Waals surface area contributed by atoms with Crippen LogP contribution in [0.3, 0.4) is 0 Å². The molecule has 2 heteroatoms. The van der Waals surface area contributed by atoms with E-state index in [0.717, 1.165) is 17.9 Å². The topological polar surface area (TPSA) is 26.3 Å². The van der Waals surface area contributed by atoms with E-state index in [0.29, 0.717) is 12.2 Å². The average molecular weight is 363 g/mol. The number of carbonyl (C=O) groups is 1. The van der Waals surface area contributed by atoms with Crippen LogP contribution in [-0.4, -0.2) is 5.97 Å². The third-order valence-electron chi connectivity index (χ3n) is 5.35. The second-order valence-corrected chi connectivity index (χ2v) is 7.48. The Labute approximate surface area is 163 Å². The molecule has 0 saturated heterocycles. The summed E-state index contributed by atoms with van der Waals surface area (Å²) in [7, 11) is 0. The van der Waals surface area contributed by atoms with Gasteiger partial charge in [0.15, 0.2) is 0 Å². The minimum absolute atomic E-state index is 0.170. The molecule has 27 heavy (non-hydrogen) atoms. The van der Waals surface area contributed by atoms with Gasteiger partial charge in [-0.15, -0.1) is 0 Å². The lowest BCUT2D eigenvalue weighted by Crippen LogP contribution is -2.06. The number of carbonyl (C=O) groups excluding carboxylic acids is 1. The zero-order valence-corrected chi connectivity index (χ0v) is 16.5. The molecule has 142 valence electrons. The normalized spacial score (nSPS) is 16.7. The van der Waals surface area contributed by atoms with Gasteiger partial charge >= 0.3 is 5.97 Å². The Morgan fingerprint density at radius 2 is 1.56 bits per heavy atom. The highest BCUT2D eigenvalue weighted by Gasteiger charge is 2.14. The van der Waals surface area contributed by atoms with E-state index in [-0.39, 0.29) is 5.97 Å². The number of allylic oxidation sites excluding steroid dienone is 2. The summed E-state index contributed by atoms with van der Waals surface area (Å²) in [5, 5.41) is 0. The summed E-state index contributed by atoms with van der Waals surface area (Å²) >= 11 is 0. The fourth-order valence-electron chi connectivity index (χ4n) is 3.80. The number of hydrogen-bond acceptors (Lipinski definition) is 2. The third-order valence-corrected chi connectivity index (χ3v) is 5.35. The lowest BCUT2D eigenvalue weighted by Gasteiger charge is -2.21. The number of esters is 1. The summed E-state index contributed by atoms with van der Waals surface area (Å²) in [6.45, 7) is 4.25. The molecule has 1 aliphatic carbocycles. The Bertz CT molecular complexity index is 769. The second-order valence-electron chi connectivity index (χ2n) is 7.48. The van der Waals surface area contributed by atoms with Crippen molar-refractivity contribution < 1.29 is 9.53 Å². The smallest absolute Gasteiger partial charge is 0.311 e. The largest absolute Gasteiger partial charge is 0.427 e. The molecule has 0 amide bonds. The molecule has 1 atom stereocenters. The van der Waals surface area contributed by atoms with Crippen molar-refractivity contribution in [2.45, 2.75) is 58.8 Å². The van der Waals surface area contributed by atoms with E-state index in [4.69, 9.17) is 4.74 Å². The van der Waals surface area contributed by atoms with E-state index in [2.05, 4.69) is 37.3 Å². The maximum atomic E-state index is 11.6. The zero-order valence-electron chi connectivity index (χ0n) is 16.5. The van der Waals surface area contributed by atoms with Crippen LogP contribution in [0, 0.1) is 5.92 Å². The summed E-state index contributed by atoms with van der Waals surface area (Å²) in [5.74, 6) is 1.32. The van der Waals surface area contributed by atoms with Crippen LogP contribution in [0.5, 0.6) is 5.75 Å². The highest BCUT2D eigenvalue weighted by molar-refractivity contribution is 5.73. The van der Waals surface area contributed by atoms with Gasteiger partial charge < -0.3 is 4.74 Å². The maximum absolute atomic E-state index is 11.6. The Kier molecular flexibility index (Phi) is 6.86. The van der Waals surface area contributed by atoms with Crippen molar-refractivity contribution in [3.63, 3.8) is 0 Å². The molecular weight excluding hydrogens is 332 g/mol. The molecule has 0 heterocycles. The summed E-state index contributed by atoms with van der Waals surface area (Å²) in [5.41, 5.74) is 5.16. The van der Waals surface area contributed by atoms with E-state index in [1.54, 1.807) is 0 Å². The minimum atomic E-state index is -0.170. The van der Waals surface area contributed by atoms with Crippen LogP contribution < -0.4 is 4.74 Å². The molecule has 0 bridgehead atoms. The van der Waals surface area contributed by atoms with Crippen molar-refractivity contribution in [3.8, 4) is 16.9 Å². The number of rotatable bonds is 7. The molecule has 3 rings (SSSR count). The predicted molar refractivity (Wildman–Crippen MR) is 113 cm³/mol. The van der Waals surface area contributed by atoms with Crippen LogP contribution in [0.1, 0.15) is 64.4 Å². The van der Waals surface area contributed by atoms with E-state index < -0.39 is 0 Å². The first kappa shape index (κ1) is 19.4. The van der Waals surface area contributed by atoms with Gasteiger partial charge in [-0.3, -0.25) is 4.79 Å². The van der Waals surface area contributed by atoms with Gasteiger partial charge in [-0.1, -0.05) is 69.2 Å².